The van der Waals surface area contributed by atoms with E-state index in [2.05, 4.69) is 4.74 Å². The Hall–Kier alpha value is -0.660. The SMILES string of the molecule is CCCN(CC(=O)OCC)S(=O)(=O)CCO. The minimum atomic E-state index is -3.57. The molecular formula is C9H19NO5S. The van der Waals surface area contributed by atoms with E-state index < -0.39 is 22.6 Å². The van der Waals surface area contributed by atoms with E-state index in [1.807, 2.05) is 6.92 Å². The number of esters is 1. The molecule has 1 N–H and O–H groups in total. The largest absolute Gasteiger partial charge is 0.465 e. The Kier molecular flexibility index (Phi) is 7.27. The fraction of sp³-hybridized carbons (Fsp3) is 0.889. The van der Waals surface area contributed by atoms with Crippen molar-refractivity contribution in [2.75, 3.05) is 32.1 Å². The van der Waals surface area contributed by atoms with Gasteiger partial charge in [-0.2, -0.15) is 4.31 Å². The number of aliphatic hydroxyl groups is 1. The van der Waals surface area contributed by atoms with Crippen molar-refractivity contribution in [3.63, 3.8) is 0 Å². The van der Waals surface area contributed by atoms with E-state index in [1.54, 1.807) is 6.92 Å². The maximum absolute atomic E-state index is 11.6. The molecule has 0 aromatic carbocycles. The highest BCUT2D eigenvalue weighted by molar-refractivity contribution is 7.89. The van der Waals surface area contributed by atoms with E-state index in [0.717, 1.165) is 4.31 Å². The zero-order chi connectivity index (χ0) is 12.6. The van der Waals surface area contributed by atoms with Gasteiger partial charge in [0.15, 0.2) is 0 Å². The molecule has 0 radical (unpaired) electrons. The number of hydrogen-bond acceptors (Lipinski definition) is 5. The second-order valence-corrected chi connectivity index (χ2v) is 5.27. The molecule has 6 nitrogen and oxygen atoms in total. The zero-order valence-corrected chi connectivity index (χ0v) is 10.5. The van der Waals surface area contributed by atoms with Gasteiger partial charge in [0.05, 0.1) is 19.0 Å². The van der Waals surface area contributed by atoms with Crippen LogP contribution in [0, 0.1) is 0 Å². The number of carbonyl (C=O) groups excluding carboxylic acids is 1. The summed E-state index contributed by atoms with van der Waals surface area (Å²) in [4.78, 5) is 11.2. The van der Waals surface area contributed by atoms with Gasteiger partial charge < -0.3 is 9.84 Å². The normalized spacial score (nSPS) is 11.8. The van der Waals surface area contributed by atoms with Crippen molar-refractivity contribution in [3.05, 3.63) is 0 Å². The molecule has 96 valence electrons. The summed E-state index contributed by atoms with van der Waals surface area (Å²) in [5, 5.41) is 8.63. The highest BCUT2D eigenvalue weighted by Crippen LogP contribution is 2.03. The molecule has 0 aromatic rings. The number of sulfonamides is 1. The van der Waals surface area contributed by atoms with Crippen molar-refractivity contribution in [1.82, 2.24) is 4.31 Å². The standard InChI is InChI=1S/C9H19NO5S/c1-3-5-10(8-9(12)15-4-2)16(13,14)7-6-11/h11H,3-8H2,1-2H3. The lowest BCUT2D eigenvalue weighted by Gasteiger charge is -2.19. The van der Waals surface area contributed by atoms with Crippen molar-refractivity contribution in [2.45, 2.75) is 20.3 Å². The molecule has 0 aliphatic carbocycles. The van der Waals surface area contributed by atoms with Gasteiger partial charge in [-0.3, -0.25) is 4.79 Å². The lowest BCUT2D eigenvalue weighted by Crippen LogP contribution is -2.39. The molecule has 0 bridgehead atoms. The zero-order valence-electron chi connectivity index (χ0n) is 9.68. The number of nitrogens with zero attached hydrogens (tertiary/aromatic N) is 1. The molecule has 0 atom stereocenters. The number of carbonyl (C=O) groups is 1. The first-order valence-corrected chi connectivity index (χ1v) is 6.83. The van der Waals surface area contributed by atoms with E-state index in [4.69, 9.17) is 5.11 Å². The summed E-state index contributed by atoms with van der Waals surface area (Å²) in [7, 11) is -3.57. The summed E-state index contributed by atoms with van der Waals surface area (Å²) in [5.74, 6) is -0.940. The average molecular weight is 253 g/mol. The molecule has 0 rings (SSSR count). The number of aliphatic hydroxyl groups excluding tert-OH is 1. The summed E-state index contributed by atoms with van der Waals surface area (Å²) in [5.41, 5.74) is 0. The van der Waals surface area contributed by atoms with Crippen molar-refractivity contribution >= 4 is 16.0 Å². The van der Waals surface area contributed by atoms with Crippen LogP contribution in [0.25, 0.3) is 0 Å². The van der Waals surface area contributed by atoms with Gasteiger partial charge in [-0.1, -0.05) is 6.92 Å². The highest BCUT2D eigenvalue weighted by Gasteiger charge is 2.23. The molecule has 0 saturated heterocycles. The van der Waals surface area contributed by atoms with Gasteiger partial charge in [0.2, 0.25) is 10.0 Å². The molecule has 0 aliphatic heterocycles. The first kappa shape index (κ1) is 15.3. The fourth-order valence-electron chi connectivity index (χ4n) is 1.16. The van der Waals surface area contributed by atoms with E-state index in [0.29, 0.717) is 6.42 Å². The summed E-state index contributed by atoms with van der Waals surface area (Å²) in [6.45, 7) is 3.20. The first-order chi connectivity index (χ1) is 7.47. The minimum absolute atomic E-state index is 0.221. The predicted octanol–water partition coefficient (Wildman–Crippen LogP) is -0.416. The summed E-state index contributed by atoms with van der Waals surface area (Å²) in [6, 6.07) is 0. The van der Waals surface area contributed by atoms with Gasteiger partial charge in [-0.05, 0) is 13.3 Å². The van der Waals surface area contributed by atoms with Crippen LogP contribution in [0.5, 0.6) is 0 Å². The Balaban J connectivity index is 4.54. The maximum atomic E-state index is 11.6. The molecule has 0 unspecified atom stereocenters. The molecule has 0 spiro atoms. The first-order valence-electron chi connectivity index (χ1n) is 5.22. The number of ether oxygens (including phenoxy) is 1. The lowest BCUT2D eigenvalue weighted by atomic mass is 10.5. The summed E-state index contributed by atoms with van der Waals surface area (Å²) in [6.07, 6.45) is 0.601. The molecule has 0 fully saturated rings. The Morgan fingerprint density at radius 2 is 2.00 bits per heavy atom. The van der Waals surface area contributed by atoms with Crippen LogP contribution in [0.1, 0.15) is 20.3 Å². The average Bonchev–Trinajstić information content (AvgIpc) is 2.17. The molecule has 0 aliphatic rings. The van der Waals surface area contributed by atoms with Crippen LogP contribution in [-0.4, -0.2) is 55.9 Å². The monoisotopic (exact) mass is 253 g/mol. The second kappa shape index (κ2) is 7.59. The van der Waals surface area contributed by atoms with E-state index in [9.17, 15) is 13.2 Å². The minimum Gasteiger partial charge on any atom is -0.465 e. The van der Waals surface area contributed by atoms with Crippen LogP contribution in [0.15, 0.2) is 0 Å². The summed E-state index contributed by atoms with van der Waals surface area (Å²) < 4.78 is 29.0. The van der Waals surface area contributed by atoms with Crippen molar-refractivity contribution in [2.24, 2.45) is 0 Å². The lowest BCUT2D eigenvalue weighted by molar-refractivity contribution is -0.143. The van der Waals surface area contributed by atoms with E-state index in [1.165, 1.54) is 0 Å². The Morgan fingerprint density at radius 3 is 2.44 bits per heavy atom. The fourth-order valence-corrected chi connectivity index (χ4v) is 2.41. The molecule has 0 amide bonds. The third kappa shape index (κ3) is 5.43. The van der Waals surface area contributed by atoms with Gasteiger partial charge in [0.1, 0.15) is 6.54 Å². The molecule has 0 saturated carbocycles. The quantitative estimate of drug-likeness (QED) is 0.594. The van der Waals surface area contributed by atoms with Gasteiger partial charge >= 0.3 is 5.97 Å². The van der Waals surface area contributed by atoms with E-state index >= 15 is 0 Å². The molecule has 0 aromatic heterocycles. The number of hydrogen-bond donors (Lipinski definition) is 1. The van der Waals surface area contributed by atoms with Crippen LogP contribution >= 0.6 is 0 Å². The third-order valence-electron chi connectivity index (χ3n) is 1.83. The summed E-state index contributed by atoms with van der Waals surface area (Å²) >= 11 is 0. The van der Waals surface area contributed by atoms with Gasteiger partial charge in [-0.25, -0.2) is 8.42 Å². The smallest absolute Gasteiger partial charge is 0.321 e. The van der Waals surface area contributed by atoms with Gasteiger partial charge in [0.25, 0.3) is 0 Å². The van der Waals surface area contributed by atoms with Crippen LogP contribution < -0.4 is 0 Å². The van der Waals surface area contributed by atoms with Gasteiger partial charge in [0, 0.05) is 6.54 Å². The second-order valence-electron chi connectivity index (χ2n) is 3.18. The Morgan fingerprint density at radius 1 is 1.38 bits per heavy atom. The molecule has 7 heteroatoms. The van der Waals surface area contributed by atoms with E-state index in [-0.39, 0.29) is 25.4 Å². The van der Waals surface area contributed by atoms with Crippen molar-refractivity contribution in [3.8, 4) is 0 Å². The van der Waals surface area contributed by atoms with Crippen LogP contribution in [0.4, 0.5) is 0 Å². The van der Waals surface area contributed by atoms with Crippen LogP contribution in [0.2, 0.25) is 0 Å². The van der Waals surface area contributed by atoms with Gasteiger partial charge in [-0.15, -0.1) is 0 Å². The third-order valence-corrected chi connectivity index (χ3v) is 3.62. The Bertz CT molecular complexity index is 301. The topological polar surface area (TPSA) is 83.9 Å². The molecule has 0 heterocycles. The predicted molar refractivity (Wildman–Crippen MR) is 59.4 cm³/mol. The molecular weight excluding hydrogens is 234 g/mol. The van der Waals surface area contributed by atoms with Crippen molar-refractivity contribution in [1.29, 1.82) is 0 Å². The highest BCUT2D eigenvalue weighted by atomic mass is 32.2. The number of rotatable bonds is 8. The van der Waals surface area contributed by atoms with Crippen LogP contribution in [-0.2, 0) is 19.6 Å². The van der Waals surface area contributed by atoms with Crippen molar-refractivity contribution < 1.29 is 23.1 Å². The van der Waals surface area contributed by atoms with Crippen LogP contribution in [0.3, 0.4) is 0 Å². The maximum Gasteiger partial charge on any atom is 0.321 e. The Labute approximate surface area is 96.2 Å². The molecule has 16 heavy (non-hydrogen) atoms.